The minimum absolute atomic E-state index is 0.110. The number of halogens is 2. The molecule has 0 saturated heterocycles. The average molecular weight is 451 g/mol. The number of likely N-dealkylation sites (N-methyl/N-ethyl adjacent to an activating group) is 1. The molecule has 0 aromatic heterocycles. The fraction of sp³-hybridized carbons (Fsp3) is 0.391. The van der Waals surface area contributed by atoms with Gasteiger partial charge < -0.3 is 15.0 Å². The van der Waals surface area contributed by atoms with Gasteiger partial charge in [0.05, 0.1) is 0 Å². The second kappa shape index (κ2) is 11.2. The molecule has 0 heterocycles. The standard InChI is InChI=1S/C23H28Cl2N2O3/c1-5-20(23(29)26-4)27(13-17-18(24)10-8-11-19(17)25)22(28)14-30-21-12-7-6-9-16(21)15(2)3/h6-12,15,20H,5,13-14H2,1-4H3,(H,26,29)/t20-/m1/s1. The third-order valence-corrected chi connectivity index (χ3v) is 5.62. The third-order valence-electron chi connectivity index (χ3n) is 4.91. The van der Waals surface area contributed by atoms with Crippen molar-refractivity contribution in [2.24, 2.45) is 0 Å². The van der Waals surface area contributed by atoms with E-state index in [9.17, 15) is 9.59 Å². The summed E-state index contributed by atoms with van der Waals surface area (Å²) in [5.41, 5.74) is 1.61. The Morgan fingerprint density at radius 2 is 1.70 bits per heavy atom. The maximum atomic E-state index is 13.2. The molecular weight excluding hydrogens is 423 g/mol. The van der Waals surface area contributed by atoms with Gasteiger partial charge in [-0.25, -0.2) is 0 Å². The molecule has 162 valence electrons. The number of ether oxygens (including phenoxy) is 1. The molecule has 0 aliphatic carbocycles. The van der Waals surface area contributed by atoms with Gasteiger partial charge in [-0.1, -0.05) is 68.2 Å². The van der Waals surface area contributed by atoms with Gasteiger partial charge in [-0.2, -0.15) is 0 Å². The Labute approximate surface area is 188 Å². The maximum absolute atomic E-state index is 13.2. The summed E-state index contributed by atoms with van der Waals surface area (Å²) in [4.78, 5) is 27.1. The molecule has 0 spiro atoms. The molecular formula is C23H28Cl2N2O3. The summed E-state index contributed by atoms with van der Waals surface area (Å²) in [6, 6.07) is 12.1. The van der Waals surface area contributed by atoms with E-state index in [1.165, 1.54) is 4.90 Å². The molecule has 2 aromatic carbocycles. The van der Waals surface area contributed by atoms with Crippen molar-refractivity contribution < 1.29 is 14.3 Å². The summed E-state index contributed by atoms with van der Waals surface area (Å²) in [5.74, 6) is 0.338. The fourth-order valence-electron chi connectivity index (χ4n) is 3.25. The molecule has 5 nitrogen and oxygen atoms in total. The van der Waals surface area contributed by atoms with Crippen molar-refractivity contribution in [1.82, 2.24) is 10.2 Å². The van der Waals surface area contributed by atoms with Crippen LogP contribution in [-0.2, 0) is 16.1 Å². The first-order valence-corrected chi connectivity index (χ1v) is 10.7. The van der Waals surface area contributed by atoms with Gasteiger partial charge in [-0.3, -0.25) is 9.59 Å². The number of rotatable bonds is 9. The van der Waals surface area contributed by atoms with E-state index in [0.29, 0.717) is 27.8 Å². The zero-order valence-electron chi connectivity index (χ0n) is 17.7. The van der Waals surface area contributed by atoms with Gasteiger partial charge in [0.1, 0.15) is 11.8 Å². The van der Waals surface area contributed by atoms with Gasteiger partial charge >= 0.3 is 0 Å². The summed E-state index contributed by atoms with van der Waals surface area (Å²) in [5, 5.41) is 3.51. The Kier molecular flexibility index (Phi) is 9.00. The average Bonchev–Trinajstić information content (AvgIpc) is 2.73. The van der Waals surface area contributed by atoms with Crippen LogP contribution in [0.4, 0.5) is 0 Å². The van der Waals surface area contributed by atoms with Gasteiger partial charge in [0.15, 0.2) is 6.61 Å². The lowest BCUT2D eigenvalue weighted by Gasteiger charge is -2.31. The van der Waals surface area contributed by atoms with Crippen LogP contribution in [0, 0.1) is 0 Å². The van der Waals surface area contributed by atoms with Crippen LogP contribution in [0.1, 0.15) is 44.2 Å². The zero-order chi connectivity index (χ0) is 22.3. The molecule has 2 aromatic rings. The van der Waals surface area contributed by atoms with Gasteiger partial charge in [0.2, 0.25) is 5.91 Å². The van der Waals surface area contributed by atoms with Crippen LogP contribution in [0.3, 0.4) is 0 Å². The number of amides is 2. The lowest BCUT2D eigenvalue weighted by molar-refractivity contribution is -0.142. The highest BCUT2D eigenvalue weighted by atomic mass is 35.5. The molecule has 0 aliphatic rings. The number of hydrogen-bond acceptors (Lipinski definition) is 3. The van der Waals surface area contributed by atoms with Crippen molar-refractivity contribution in [3.63, 3.8) is 0 Å². The van der Waals surface area contributed by atoms with Crippen molar-refractivity contribution in [3.8, 4) is 5.75 Å². The van der Waals surface area contributed by atoms with E-state index in [4.69, 9.17) is 27.9 Å². The first-order valence-electron chi connectivity index (χ1n) is 9.95. The van der Waals surface area contributed by atoms with Crippen LogP contribution in [0.15, 0.2) is 42.5 Å². The topological polar surface area (TPSA) is 58.6 Å². The predicted octanol–water partition coefficient (Wildman–Crippen LogP) is 5.05. The summed E-state index contributed by atoms with van der Waals surface area (Å²) in [7, 11) is 1.55. The van der Waals surface area contributed by atoms with Gasteiger partial charge in [0, 0.05) is 29.2 Å². The number of nitrogens with one attached hydrogen (secondary N) is 1. The largest absolute Gasteiger partial charge is 0.483 e. The third kappa shape index (κ3) is 5.89. The minimum atomic E-state index is -0.668. The molecule has 2 rings (SSSR count). The lowest BCUT2D eigenvalue weighted by atomic mass is 10.0. The van der Waals surface area contributed by atoms with Crippen LogP contribution in [-0.4, -0.2) is 36.4 Å². The van der Waals surface area contributed by atoms with Crippen LogP contribution < -0.4 is 10.1 Å². The minimum Gasteiger partial charge on any atom is -0.483 e. The van der Waals surface area contributed by atoms with E-state index in [1.807, 2.05) is 31.2 Å². The fourth-order valence-corrected chi connectivity index (χ4v) is 3.77. The van der Waals surface area contributed by atoms with Crippen LogP contribution in [0.5, 0.6) is 5.75 Å². The van der Waals surface area contributed by atoms with Gasteiger partial charge in [0.25, 0.3) is 5.91 Å². The summed E-state index contributed by atoms with van der Waals surface area (Å²) in [6.07, 6.45) is 0.441. The Hall–Kier alpha value is -2.24. The van der Waals surface area contributed by atoms with Crippen LogP contribution in [0.2, 0.25) is 10.0 Å². The van der Waals surface area contributed by atoms with E-state index in [0.717, 1.165) is 5.56 Å². The van der Waals surface area contributed by atoms with Gasteiger partial charge in [-0.15, -0.1) is 0 Å². The Morgan fingerprint density at radius 3 is 2.27 bits per heavy atom. The number of nitrogens with zero attached hydrogens (tertiary/aromatic N) is 1. The highest BCUT2D eigenvalue weighted by Gasteiger charge is 2.29. The Bertz CT molecular complexity index is 866. The molecule has 0 unspecified atom stereocenters. The highest BCUT2D eigenvalue weighted by molar-refractivity contribution is 6.36. The number of carbonyl (C=O) groups is 2. The molecule has 0 radical (unpaired) electrons. The van der Waals surface area contributed by atoms with E-state index >= 15 is 0 Å². The SMILES string of the molecule is CC[C@H](C(=O)NC)N(Cc1c(Cl)cccc1Cl)C(=O)COc1ccccc1C(C)C. The number of carbonyl (C=O) groups excluding carboxylic acids is 2. The lowest BCUT2D eigenvalue weighted by Crippen LogP contribution is -2.49. The van der Waals surface area contributed by atoms with E-state index in [1.54, 1.807) is 25.2 Å². The maximum Gasteiger partial charge on any atom is 0.261 e. The first kappa shape index (κ1) is 24.0. The summed E-state index contributed by atoms with van der Waals surface area (Å²) in [6.45, 7) is 5.89. The molecule has 2 amide bonds. The summed E-state index contributed by atoms with van der Waals surface area (Å²) < 4.78 is 5.86. The van der Waals surface area contributed by atoms with Crippen molar-refractivity contribution in [2.75, 3.05) is 13.7 Å². The molecule has 0 fully saturated rings. The van der Waals surface area contributed by atoms with E-state index < -0.39 is 6.04 Å². The second-order valence-electron chi connectivity index (χ2n) is 7.24. The normalized spacial score (nSPS) is 11.8. The molecule has 0 saturated carbocycles. The number of benzene rings is 2. The molecule has 30 heavy (non-hydrogen) atoms. The zero-order valence-corrected chi connectivity index (χ0v) is 19.3. The number of hydrogen-bond donors (Lipinski definition) is 1. The number of para-hydroxylation sites is 1. The van der Waals surface area contributed by atoms with Gasteiger partial charge in [-0.05, 0) is 36.1 Å². The van der Waals surface area contributed by atoms with Crippen LogP contribution in [0.25, 0.3) is 0 Å². The molecule has 1 N–H and O–H groups in total. The smallest absolute Gasteiger partial charge is 0.261 e. The van der Waals surface area contributed by atoms with Crippen molar-refractivity contribution in [2.45, 2.75) is 45.7 Å². The molecule has 7 heteroatoms. The van der Waals surface area contributed by atoms with E-state index in [2.05, 4.69) is 19.2 Å². The quantitative estimate of drug-likeness (QED) is 0.581. The molecule has 0 aliphatic heterocycles. The first-order chi connectivity index (χ1) is 14.3. The van der Waals surface area contributed by atoms with Crippen molar-refractivity contribution >= 4 is 35.0 Å². The monoisotopic (exact) mass is 450 g/mol. The van der Waals surface area contributed by atoms with E-state index in [-0.39, 0.29) is 30.9 Å². The van der Waals surface area contributed by atoms with Crippen molar-refractivity contribution in [1.29, 1.82) is 0 Å². The highest BCUT2D eigenvalue weighted by Crippen LogP contribution is 2.28. The predicted molar refractivity (Wildman–Crippen MR) is 121 cm³/mol. The Balaban J connectivity index is 2.29. The Morgan fingerprint density at radius 1 is 1.07 bits per heavy atom. The molecule has 0 bridgehead atoms. The molecule has 1 atom stereocenters. The second-order valence-corrected chi connectivity index (χ2v) is 8.06. The van der Waals surface area contributed by atoms with Crippen molar-refractivity contribution in [3.05, 3.63) is 63.6 Å². The van der Waals surface area contributed by atoms with Crippen LogP contribution >= 0.6 is 23.2 Å². The summed E-state index contributed by atoms with van der Waals surface area (Å²) >= 11 is 12.6.